The number of hydrogen-bond acceptors (Lipinski definition) is 7. The largest absolute Gasteiger partial charge is 0.478 e. The molecule has 0 aromatic carbocycles. The summed E-state index contributed by atoms with van der Waals surface area (Å²) >= 11 is 0. The second-order valence-corrected chi connectivity index (χ2v) is 15.0. The summed E-state index contributed by atoms with van der Waals surface area (Å²) < 4.78 is 0. The second-order valence-electron chi connectivity index (χ2n) is 15.0. The third kappa shape index (κ3) is 8.50. The van der Waals surface area contributed by atoms with Gasteiger partial charge in [-0.15, -0.1) is 0 Å². The van der Waals surface area contributed by atoms with Crippen LogP contribution in [0.5, 0.6) is 0 Å². The number of carboxylic acids is 1. The molecule has 0 spiro atoms. The minimum Gasteiger partial charge on any atom is -0.478 e. The summed E-state index contributed by atoms with van der Waals surface area (Å²) in [6.45, 7) is 16.5. The van der Waals surface area contributed by atoms with Gasteiger partial charge in [0.2, 0.25) is 11.8 Å². The van der Waals surface area contributed by atoms with Gasteiger partial charge in [0, 0.05) is 77.8 Å². The topological polar surface area (TPSA) is 159 Å². The van der Waals surface area contributed by atoms with Gasteiger partial charge >= 0.3 is 5.97 Å². The number of hydrogen-bond donors (Lipinski definition) is 5. The smallest absolute Gasteiger partial charge is 0.338 e. The molecule has 2 unspecified atom stereocenters. The third-order valence-electron chi connectivity index (χ3n) is 10.7. The minimum atomic E-state index is -1.11. The van der Waals surface area contributed by atoms with Gasteiger partial charge in [-0.05, 0) is 102 Å². The van der Waals surface area contributed by atoms with Gasteiger partial charge < -0.3 is 35.5 Å². The number of carbonyl (C=O) groups is 3. The first kappa shape index (κ1) is 40.1. The Morgan fingerprint density at radius 3 is 2.13 bits per heavy atom. The van der Waals surface area contributed by atoms with E-state index in [-0.39, 0.29) is 42.1 Å². The summed E-state index contributed by atoms with van der Waals surface area (Å²) in [4.78, 5) is 61.4. The van der Waals surface area contributed by atoms with E-state index in [1.54, 1.807) is 6.92 Å². The maximum Gasteiger partial charge on any atom is 0.338 e. The van der Waals surface area contributed by atoms with Crippen molar-refractivity contribution in [2.24, 2.45) is 0 Å². The van der Waals surface area contributed by atoms with Crippen molar-refractivity contribution >= 4 is 57.1 Å². The van der Waals surface area contributed by atoms with Crippen LogP contribution >= 0.6 is 0 Å². The van der Waals surface area contributed by atoms with Crippen LogP contribution in [-0.4, -0.2) is 107 Å². The molecule has 5 N–H and O–H groups in total. The number of carbonyl (C=O) groups excluding carboxylic acids is 2. The molecule has 3 aromatic rings. The van der Waals surface area contributed by atoms with Gasteiger partial charge in [-0.2, -0.15) is 0 Å². The third-order valence-corrected chi connectivity index (χ3v) is 10.7. The van der Waals surface area contributed by atoms with Crippen molar-refractivity contribution in [3.63, 3.8) is 0 Å². The number of aromatic nitrogens is 4. The lowest BCUT2D eigenvalue weighted by atomic mass is 9.84. The molecule has 12 nitrogen and oxygen atoms in total. The molecule has 5 rings (SSSR count). The molecule has 288 valence electrons. The van der Waals surface area contributed by atoms with Gasteiger partial charge in [-0.3, -0.25) is 14.6 Å². The standard InChI is InChI=1S/C42H56N8O4/c1-11-27-23(3)31-20-33-25(5)29(13-14-37(51)43-15-17-49(7)8)40(47-33)30(19-38(52)44-16-18-50(9)10)41-39(42(53)54)26(6)34(48-41)22-36-28(12-2)24(4)32(46-36)21-35(27)45-31/h11,20-22,25,29,45,48H,1,12-19H2,2-10H3,(H,43,51)(H,44,52)(H,53,54). The van der Waals surface area contributed by atoms with Crippen molar-refractivity contribution in [2.45, 2.75) is 72.1 Å². The van der Waals surface area contributed by atoms with Crippen molar-refractivity contribution in [1.82, 2.24) is 40.4 Å². The van der Waals surface area contributed by atoms with E-state index in [0.29, 0.717) is 53.9 Å². The molecular weight excluding hydrogens is 681 g/mol. The Bertz CT molecular complexity index is 2160. The fraction of sp³-hybridized carbons (Fsp3) is 0.452. The number of aromatic amines is 2. The summed E-state index contributed by atoms with van der Waals surface area (Å²) in [7, 11) is 7.79. The highest BCUT2D eigenvalue weighted by molar-refractivity contribution is 6.03. The first-order chi connectivity index (χ1) is 25.6. The van der Waals surface area contributed by atoms with Crippen LogP contribution in [0.1, 0.15) is 107 Å². The van der Waals surface area contributed by atoms with Crippen LogP contribution in [0.25, 0.3) is 39.3 Å². The molecule has 2 aliphatic heterocycles. The van der Waals surface area contributed by atoms with E-state index in [1.807, 2.05) is 69.2 Å². The molecule has 12 heteroatoms. The number of likely N-dealkylation sites (N-methyl/N-ethyl adjacent to an activating group) is 2. The van der Waals surface area contributed by atoms with Crippen molar-refractivity contribution in [3.05, 3.63) is 75.4 Å². The van der Waals surface area contributed by atoms with E-state index in [9.17, 15) is 19.5 Å². The summed E-state index contributed by atoms with van der Waals surface area (Å²) in [5, 5.41) is 16.8. The lowest BCUT2D eigenvalue weighted by Crippen LogP contribution is -2.32. The monoisotopic (exact) mass is 736 g/mol. The highest BCUT2D eigenvalue weighted by Gasteiger charge is 2.33. The normalized spacial score (nSPS) is 15.6. The molecular formula is C42H56N8O4. The molecule has 0 radical (unpaired) electrons. The molecule has 3 aromatic heterocycles. The van der Waals surface area contributed by atoms with Crippen LogP contribution in [0.3, 0.4) is 0 Å². The van der Waals surface area contributed by atoms with Crippen molar-refractivity contribution in [1.29, 1.82) is 0 Å². The van der Waals surface area contributed by atoms with Gasteiger partial charge in [-0.1, -0.05) is 26.5 Å². The molecule has 2 aliphatic rings. The Labute approximate surface area is 318 Å². The van der Waals surface area contributed by atoms with E-state index >= 15 is 0 Å². The highest BCUT2D eigenvalue weighted by Crippen LogP contribution is 2.43. The fourth-order valence-corrected chi connectivity index (χ4v) is 7.53. The highest BCUT2D eigenvalue weighted by atomic mass is 16.4. The average molecular weight is 737 g/mol. The van der Waals surface area contributed by atoms with E-state index in [0.717, 1.165) is 63.4 Å². The predicted octanol–water partition coefficient (Wildman–Crippen LogP) is 6.18. The van der Waals surface area contributed by atoms with Gasteiger partial charge in [0.05, 0.1) is 34.6 Å². The summed E-state index contributed by atoms with van der Waals surface area (Å²) in [6.07, 6.45) is 3.18. The summed E-state index contributed by atoms with van der Waals surface area (Å²) in [6, 6.07) is 5.99. The molecule has 5 heterocycles. The zero-order valence-corrected chi connectivity index (χ0v) is 33.3. The van der Waals surface area contributed by atoms with E-state index in [1.165, 1.54) is 0 Å². The second kappa shape index (κ2) is 16.9. The molecule has 0 aliphatic carbocycles. The van der Waals surface area contributed by atoms with Gasteiger partial charge in [0.15, 0.2) is 0 Å². The number of nitrogens with zero attached hydrogens (tertiary/aromatic N) is 4. The van der Waals surface area contributed by atoms with Crippen molar-refractivity contribution < 1.29 is 19.5 Å². The maximum absolute atomic E-state index is 13.8. The van der Waals surface area contributed by atoms with Crippen LogP contribution in [-0.2, 0) is 16.0 Å². The zero-order chi connectivity index (χ0) is 39.4. The Hall–Kier alpha value is -5.07. The van der Waals surface area contributed by atoms with Gasteiger partial charge in [-0.25, -0.2) is 9.78 Å². The predicted molar refractivity (Wildman–Crippen MR) is 218 cm³/mol. The number of aromatic carboxylic acids is 1. The molecule has 2 atom stereocenters. The van der Waals surface area contributed by atoms with E-state index in [4.69, 9.17) is 9.97 Å². The number of amides is 2. The van der Waals surface area contributed by atoms with Crippen LogP contribution < -0.4 is 10.6 Å². The Kier molecular flexibility index (Phi) is 12.6. The molecule has 2 amide bonds. The number of carboxylic acid groups (broad SMARTS) is 1. The number of aryl methyl sites for hydroxylation is 2. The van der Waals surface area contributed by atoms with Crippen molar-refractivity contribution in [3.8, 4) is 0 Å². The molecule has 8 bridgehead atoms. The first-order valence-corrected chi connectivity index (χ1v) is 18.8. The lowest BCUT2D eigenvalue weighted by Gasteiger charge is -2.19. The van der Waals surface area contributed by atoms with Crippen LogP contribution in [0.4, 0.5) is 0 Å². The Balaban J connectivity index is 1.86. The number of allylic oxidation sites excluding steroid dienone is 2. The fourth-order valence-electron chi connectivity index (χ4n) is 7.53. The molecule has 0 saturated heterocycles. The SMILES string of the molecule is C=Cc1c(C)c2cc3nc(c(CC(=O)NCCN(C)C)c4[nH]c(cc5nc(cc1[nH]2)C(C)=C5CC)c(C)c4C(=O)O)C(CCC(=O)NCCN(C)C)C3C. The molecule has 0 saturated carbocycles. The quantitative estimate of drug-likeness (QED) is 0.131. The Morgan fingerprint density at radius 1 is 0.889 bits per heavy atom. The van der Waals surface area contributed by atoms with Gasteiger partial charge in [0.25, 0.3) is 0 Å². The van der Waals surface area contributed by atoms with Crippen LogP contribution in [0.2, 0.25) is 0 Å². The molecule has 54 heavy (non-hydrogen) atoms. The number of nitrogens with one attached hydrogen (secondary N) is 4. The maximum atomic E-state index is 13.8. The summed E-state index contributed by atoms with van der Waals surface area (Å²) in [5.74, 6) is -1.85. The first-order valence-electron chi connectivity index (χ1n) is 18.8. The van der Waals surface area contributed by atoms with E-state index in [2.05, 4.69) is 48.0 Å². The van der Waals surface area contributed by atoms with Gasteiger partial charge in [0.1, 0.15) is 0 Å². The summed E-state index contributed by atoms with van der Waals surface area (Å²) in [5.41, 5.74) is 10.9. The average Bonchev–Trinajstić information content (AvgIpc) is 3.78. The zero-order valence-electron chi connectivity index (χ0n) is 33.3. The number of H-pyrrole nitrogens is 2. The van der Waals surface area contributed by atoms with Crippen LogP contribution in [0, 0.1) is 13.8 Å². The lowest BCUT2D eigenvalue weighted by molar-refractivity contribution is -0.121. The minimum absolute atomic E-state index is 0.0690. The van der Waals surface area contributed by atoms with E-state index < -0.39 is 5.97 Å². The number of fused-ring (bicyclic) bond motifs is 8. The Morgan fingerprint density at radius 2 is 1.52 bits per heavy atom. The van der Waals surface area contributed by atoms with Crippen molar-refractivity contribution in [2.75, 3.05) is 54.4 Å². The molecule has 0 fully saturated rings. The van der Waals surface area contributed by atoms with Crippen LogP contribution in [0.15, 0.2) is 24.8 Å². The number of rotatable bonds is 14.